The van der Waals surface area contributed by atoms with Crippen LogP contribution in [0.25, 0.3) is 10.2 Å². The van der Waals surface area contributed by atoms with Crippen molar-refractivity contribution in [3.8, 4) is 5.75 Å². The predicted octanol–water partition coefficient (Wildman–Crippen LogP) is 4.41. The topological polar surface area (TPSA) is 73.2 Å². The van der Waals surface area contributed by atoms with Crippen molar-refractivity contribution in [1.82, 2.24) is 14.9 Å². The first-order valence-electron chi connectivity index (χ1n) is 10.7. The predicted molar refractivity (Wildman–Crippen MR) is 132 cm³/mol. The average Bonchev–Trinajstić information content (AvgIpc) is 3.47. The number of benzene rings is 2. The molecule has 6 nitrogen and oxygen atoms in total. The Kier molecular flexibility index (Phi) is 6.20. The van der Waals surface area contributed by atoms with E-state index in [0.29, 0.717) is 21.9 Å². The molecule has 0 saturated carbocycles. The normalized spacial score (nSPS) is 14.9. The number of hydrogen-bond acceptors (Lipinski definition) is 6. The van der Waals surface area contributed by atoms with E-state index in [0.717, 1.165) is 24.2 Å². The van der Waals surface area contributed by atoms with Crippen molar-refractivity contribution in [2.75, 3.05) is 12.9 Å². The lowest BCUT2D eigenvalue weighted by atomic mass is 10.1. The minimum atomic E-state index is -0.0922. The van der Waals surface area contributed by atoms with E-state index < -0.39 is 0 Å². The standard InChI is InChI=1S/C25H23N3O3S2/c1-31-18-7-4-5-16(13-18)14-28-24(30)23-21(11-12-32-23)27-25(28)33-15-22(29)26-20-10-9-17-6-2-3-8-19(17)20/h2-8,11-13,20H,9-10,14-15H2,1H3,(H,26,29)/t20-/m0/s1. The molecule has 4 aromatic rings. The van der Waals surface area contributed by atoms with Crippen molar-refractivity contribution >= 4 is 39.2 Å². The molecule has 0 spiro atoms. The summed E-state index contributed by atoms with van der Waals surface area (Å²) >= 11 is 2.68. The largest absolute Gasteiger partial charge is 0.497 e. The molecule has 1 aliphatic rings. The van der Waals surface area contributed by atoms with Crippen LogP contribution < -0.4 is 15.6 Å². The first kappa shape index (κ1) is 21.7. The maximum atomic E-state index is 13.2. The van der Waals surface area contributed by atoms with Crippen molar-refractivity contribution in [2.45, 2.75) is 30.6 Å². The minimum Gasteiger partial charge on any atom is -0.497 e. The van der Waals surface area contributed by atoms with Crippen molar-refractivity contribution in [2.24, 2.45) is 0 Å². The number of fused-ring (bicyclic) bond motifs is 2. The molecule has 33 heavy (non-hydrogen) atoms. The highest BCUT2D eigenvalue weighted by Crippen LogP contribution is 2.31. The SMILES string of the molecule is COc1cccc(Cn2c(SCC(=O)N[C@H]3CCc4ccccc43)nc3ccsc3c2=O)c1. The van der Waals surface area contributed by atoms with Gasteiger partial charge >= 0.3 is 0 Å². The zero-order chi connectivity index (χ0) is 22.8. The van der Waals surface area contributed by atoms with Crippen LogP contribution in [-0.4, -0.2) is 28.3 Å². The number of aromatic nitrogens is 2. The van der Waals surface area contributed by atoms with Gasteiger partial charge in [-0.1, -0.05) is 48.2 Å². The van der Waals surface area contributed by atoms with E-state index in [2.05, 4.69) is 17.4 Å². The van der Waals surface area contributed by atoms with E-state index in [-0.39, 0.29) is 23.3 Å². The van der Waals surface area contributed by atoms with Gasteiger partial charge in [-0.2, -0.15) is 0 Å². The van der Waals surface area contributed by atoms with Crippen molar-refractivity contribution in [3.05, 3.63) is 87.0 Å². The molecular weight excluding hydrogens is 454 g/mol. The summed E-state index contributed by atoms with van der Waals surface area (Å²) in [5.74, 6) is 0.865. The fourth-order valence-electron chi connectivity index (χ4n) is 4.20. The van der Waals surface area contributed by atoms with Crippen LogP contribution in [0.5, 0.6) is 5.75 Å². The van der Waals surface area contributed by atoms with Gasteiger partial charge in [0.25, 0.3) is 5.56 Å². The lowest BCUT2D eigenvalue weighted by Crippen LogP contribution is -2.29. The monoisotopic (exact) mass is 477 g/mol. The molecule has 2 aromatic heterocycles. The molecule has 1 atom stereocenters. The van der Waals surface area contributed by atoms with Gasteiger partial charge in [-0.15, -0.1) is 11.3 Å². The number of aryl methyl sites for hydroxylation is 1. The summed E-state index contributed by atoms with van der Waals surface area (Å²) < 4.78 is 7.59. The summed E-state index contributed by atoms with van der Waals surface area (Å²) in [6, 6.07) is 17.8. The molecule has 0 fully saturated rings. The number of ether oxygens (including phenoxy) is 1. The summed E-state index contributed by atoms with van der Waals surface area (Å²) in [7, 11) is 1.62. The second-order valence-corrected chi connectivity index (χ2v) is 9.78. The van der Waals surface area contributed by atoms with Crippen molar-refractivity contribution in [3.63, 3.8) is 0 Å². The molecule has 1 N–H and O–H groups in total. The Morgan fingerprint density at radius 1 is 1.24 bits per heavy atom. The molecule has 8 heteroatoms. The summed E-state index contributed by atoms with van der Waals surface area (Å²) in [6.45, 7) is 0.358. The number of amides is 1. The fourth-order valence-corrected chi connectivity index (χ4v) is 5.79. The van der Waals surface area contributed by atoms with Crippen LogP contribution in [0.2, 0.25) is 0 Å². The maximum Gasteiger partial charge on any atom is 0.272 e. The van der Waals surface area contributed by atoms with Gasteiger partial charge in [0.05, 0.1) is 31.0 Å². The van der Waals surface area contributed by atoms with E-state index in [1.54, 1.807) is 11.7 Å². The lowest BCUT2D eigenvalue weighted by molar-refractivity contribution is -0.119. The molecule has 1 amide bonds. The second-order valence-electron chi connectivity index (χ2n) is 7.92. The Morgan fingerprint density at radius 2 is 2.12 bits per heavy atom. The summed E-state index contributed by atoms with van der Waals surface area (Å²) in [4.78, 5) is 30.7. The molecule has 2 aromatic carbocycles. The first-order valence-corrected chi connectivity index (χ1v) is 12.6. The van der Waals surface area contributed by atoms with Crippen LogP contribution in [0.15, 0.2) is 69.9 Å². The number of nitrogens with zero attached hydrogens (tertiary/aromatic N) is 2. The van der Waals surface area contributed by atoms with Crippen LogP contribution in [0.4, 0.5) is 0 Å². The zero-order valence-corrected chi connectivity index (χ0v) is 19.7. The highest BCUT2D eigenvalue weighted by Gasteiger charge is 2.23. The minimum absolute atomic E-state index is 0.0422. The van der Waals surface area contributed by atoms with Gasteiger partial charge in [0.15, 0.2) is 5.16 Å². The van der Waals surface area contributed by atoms with Gasteiger partial charge < -0.3 is 10.1 Å². The van der Waals surface area contributed by atoms with Gasteiger partial charge in [-0.05, 0) is 53.1 Å². The van der Waals surface area contributed by atoms with Gasteiger partial charge in [-0.3, -0.25) is 14.2 Å². The molecule has 168 valence electrons. The van der Waals surface area contributed by atoms with Crippen LogP contribution in [0.3, 0.4) is 0 Å². The molecule has 5 rings (SSSR count). The number of thioether (sulfide) groups is 1. The van der Waals surface area contributed by atoms with E-state index in [1.807, 2.05) is 47.8 Å². The number of carbonyl (C=O) groups excluding carboxylic acids is 1. The number of hydrogen-bond donors (Lipinski definition) is 1. The average molecular weight is 478 g/mol. The molecule has 1 aliphatic carbocycles. The second kappa shape index (κ2) is 9.41. The third-order valence-corrected chi connectivity index (χ3v) is 7.67. The molecule has 0 saturated heterocycles. The number of methoxy groups -OCH3 is 1. The van der Waals surface area contributed by atoms with Crippen LogP contribution in [-0.2, 0) is 17.8 Å². The third kappa shape index (κ3) is 4.54. The summed E-state index contributed by atoms with van der Waals surface area (Å²) in [5, 5.41) is 5.55. The summed E-state index contributed by atoms with van der Waals surface area (Å²) in [6.07, 6.45) is 1.89. The van der Waals surface area contributed by atoms with Gasteiger partial charge in [-0.25, -0.2) is 4.98 Å². The van der Waals surface area contributed by atoms with Crippen LogP contribution in [0.1, 0.15) is 29.2 Å². The van der Waals surface area contributed by atoms with Gasteiger partial charge in [0.2, 0.25) is 5.91 Å². The molecule has 0 bridgehead atoms. The van der Waals surface area contributed by atoms with E-state index in [1.165, 1.54) is 34.2 Å². The lowest BCUT2D eigenvalue weighted by Gasteiger charge is -2.15. The number of nitrogens with one attached hydrogen (secondary N) is 1. The molecule has 0 aliphatic heterocycles. The first-order chi connectivity index (χ1) is 16.1. The molecular formula is C25H23N3O3S2. The van der Waals surface area contributed by atoms with Crippen LogP contribution in [0, 0.1) is 0 Å². The Balaban J connectivity index is 1.36. The fraction of sp³-hybridized carbons (Fsp3) is 0.240. The van der Waals surface area contributed by atoms with Crippen molar-refractivity contribution in [1.29, 1.82) is 0 Å². The van der Waals surface area contributed by atoms with Gasteiger partial charge in [0, 0.05) is 0 Å². The zero-order valence-electron chi connectivity index (χ0n) is 18.1. The van der Waals surface area contributed by atoms with Crippen LogP contribution >= 0.6 is 23.1 Å². The Bertz CT molecular complexity index is 1380. The molecule has 0 unspecified atom stereocenters. The highest BCUT2D eigenvalue weighted by atomic mass is 32.2. The smallest absolute Gasteiger partial charge is 0.272 e. The molecule has 2 heterocycles. The molecule has 0 radical (unpaired) electrons. The quantitative estimate of drug-likeness (QED) is 0.315. The Labute approximate surface area is 199 Å². The van der Waals surface area contributed by atoms with E-state index in [4.69, 9.17) is 9.72 Å². The van der Waals surface area contributed by atoms with Crippen molar-refractivity contribution < 1.29 is 9.53 Å². The number of carbonyl (C=O) groups is 1. The third-order valence-electron chi connectivity index (χ3n) is 5.81. The maximum absolute atomic E-state index is 13.2. The van der Waals surface area contributed by atoms with E-state index >= 15 is 0 Å². The van der Waals surface area contributed by atoms with Gasteiger partial charge in [0.1, 0.15) is 10.4 Å². The Hall–Kier alpha value is -3.10. The van der Waals surface area contributed by atoms with E-state index in [9.17, 15) is 9.59 Å². The Morgan fingerprint density at radius 3 is 3.00 bits per heavy atom. The number of rotatable bonds is 7. The number of thiophene rings is 1. The highest BCUT2D eigenvalue weighted by molar-refractivity contribution is 7.99. The summed E-state index contributed by atoms with van der Waals surface area (Å²) in [5.41, 5.74) is 4.00.